The summed E-state index contributed by atoms with van der Waals surface area (Å²) in [6.07, 6.45) is 6.01. The highest BCUT2D eigenvalue weighted by molar-refractivity contribution is 5.97. The minimum Gasteiger partial charge on any atom is -0.356 e. The van der Waals surface area contributed by atoms with Crippen LogP contribution in [0.25, 0.3) is 33.5 Å². The fourth-order valence-corrected chi connectivity index (χ4v) is 7.32. The standard InChI is InChI=1S/C43H40N6O2/c1-2-15-39(50)45-36-23-14-16-31(28-36)41-37-29-32(25-26-38(37)49(46-41)40-24-12-13-27-51-40)42-44-30-48(47-42)43(33-17-6-3-7-18-33,34-19-8-4-9-20-34)35-21-10-5-11-22-35/h3-11,14,16-23,25-26,28-30,40H,2,12-13,15,24,27H2,1H3,(H,45,50). The van der Waals surface area contributed by atoms with Crippen LogP contribution in [0.4, 0.5) is 5.69 Å². The second kappa shape index (κ2) is 14.2. The van der Waals surface area contributed by atoms with Crippen molar-refractivity contribution in [2.75, 3.05) is 11.9 Å². The molecule has 1 aliphatic heterocycles. The molecule has 0 bridgehead atoms. The van der Waals surface area contributed by atoms with Crippen LogP contribution in [0.1, 0.15) is 61.9 Å². The number of nitrogens with one attached hydrogen (secondary N) is 1. The molecule has 1 amide bonds. The van der Waals surface area contributed by atoms with Crippen molar-refractivity contribution in [3.05, 3.63) is 156 Å². The molecular weight excluding hydrogens is 633 g/mol. The Morgan fingerprint density at radius 1 is 0.784 bits per heavy atom. The van der Waals surface area contributed by atoms with Crippen molar-refractivity contribution >= 4 is 22.5 Å². The van der Waals surface area contributed by atoms with Crippen LogP contribution in [-0.2, 0) is 15.1 Å². The van der Waals surface area contributed by atoms with Gasteiger partial charge in [-0.1, -0.05) is 110 Å². The number of ether oxygens (including phenoxy) is 1. The molecule has 8 nitrogen and oxygen atoms in total. The molecule has 1 saturated heterocycles. The van der Waals surface area contributed by atoms with E-state index in [4.69, 9.17) is 19.9 Å². The second-order valence-corrected chi connectivity index (χ2v) is 13.0. The zero-order valence-corrected chi connectivity index (χ0v) is 28.7. The molecule has 0 saturated carbocycles. The molecule has 7 aromatic rings. The molecule has 5 aromatic carbocycles. The summed E-state index contributed by atoms with van der Waals surface area (Å²) < 4.78 is 10.2. The van der Waals surface area contributed by atoms with Crippen LogP contribution in [0.2, 0.25) is 0 Å². The van der Waals surface area contributed by atoms with Gasteiger partial charge in [0.2, 0.25) is 5.91 Å². The molecule has 51 heavy (non-hydrogen) atoms. The molecule has 8 heteroatoms. The largest absolute Gasteiger partial charge is 0.356 e. The normalized spacial score (nSPS) is 14.8. The summed E-state index contributed by atoms with van der Waals surface area (Å²) in [6, 6.07) is 45.7. The molecule has 3 heterocycles. The number of amides is 1. The summed E-state index contributed by atoms with van der Waals surface area (Å²) in [4.78, 5) is 17.4. The second-order valence-electron chi connectivity index (χ2n) is 13.0. The molecule has 1 unspecified atom stereocenters. The maximum Gasteiger partial charge on any atom is 0.224 e. The van der Waals surface area contributed by atoms with Crippen LogP contribution in [0.3, 0.4) is 0 Å². The van der Waals surface area contributed by atoms with Crippen molar-refractivity contribution in [3.63, 3.8) is 0 Å². The predicted molar refractivity (Wildman–Crippen MR) is 201 cm³/mol. The van der Waals surface area contributed by atoms with E-state index in [-0.39, 0.29) is 12.1 Å². The van der Waals surface area contributed by atoms with Gasteiger partial charge in [0.05, 0.1) is 5.52 Å². The Balaban J connectivity index is 1.27. The molecule has 2 aromatic heterocycles. The van der Waals surface area contributed by atoms with Gasteiger partial charge in [-0.25, -0.2) is 14.3 Å². The van der Waals surface area contributed by atoms with Crippen LogP contribution in [-0.4, -0.2) is 37.1 Å². The Morgan fingerprint density at radius 2 is 1.47 bits per heavy atom. The third kappa shape index (κ3) is 6.12. The molecule has 0 radical (unpaired) electrons. The molecule has 254 valence electrons. The van der Waals surface area contributed by atoms with E-state index >= 15 is 0 Å². The van der Waals surface area contributed by atoms with Gasteiger partial charge in [-0.05, 0) is 72.7 Å². The van der Waals surface area contributed by atoms with E-state index in [0.29, 0.717) is 18.9 Å². The molecule has 0 aliphatic carbocycles. The van der Waals surface area contributed by atoms with Crippen LogP contribution in [0.5, 0.6) is 0 Å². The van der Waals surface area contributed by atoms with Crippen molar-refractivity contribution < 1.29 is 9.53 Å². The van der Waals surface area contributed by atoms with Gasteiger partial charge in [0.25, 0.3) is 0 Å². The Kier molecular flexibility index (Phi) is 8.99. The number of benzene rings is 5. The fraction of sp³-hybridized carbons (Fsp3) is 0.209. The molecular formula is C43H40N6O2. The Bertz CT molecular complexity index is 2160. The summed E-state index contributed by atoms with van der Waals surface area (Å²) in [5, 5.41) is 14.4. The number of rotatable bonds is 10. The number of aromatic nitrogens is 5. The maximum atomic E-state index is 12.5. The van der Waals surface area contributed by atoms with Crippen molar-refractivity contribution in [3.8, 4) is 22.6 Å². The zero-order chi connectivity index (χ0) is 34.6. The van der Waals surface area contributed by atoms with Gasteiger partial charge >= 0.3 is 0 Å². The minimum absolute atomic E-state index is 0.00201. The van der Waals surface area contributed by atoms with E-state index in [2.05, 4.69) is 96.3 Å². The summed E-state index contributed by atoms with van der Waals surface area (Å²) in [5.41, 5.74) is 6.81. The van der Waals surface area contributed by atoms with Gasteiger partial charge in [0.15, 0.2) is 12.1 Å². The van der Waals surface area contributed by atoms with Gasteiger partial charge in [-0.3, -0.25) is 4.79 Å². The van der Waals surface area contributed by atoms with E-state index in [1.165, 1.54) is 0 Å². The van der Waals surface area contributed by atoms with Gasteiger partial charge < -0.3 is 10.1 Å². The predicted octanol–water partition coefficient (Wildman–Crippen LogP) is 9.24. The van der Waals surface area contributed by atoms with Crippen LogP contribution in [0.15, 0.2) is 140 Å². The van der Waals surface area contributed by atoms with Crippen molar-refractivity contribution in [1.29, 1.82) is 0 Å². The number of nitrogens with zero attached hydrogens (tertiary/aromatic N) is 5. The maximum absolute atomic E-state index is 12.5. The summed E-state index contributed by atoms with van der Waals surface area (Å²) in [6.45, 7) is 2.72. The van der Waals surface area contributed by atoms with E-state index in [0.717, 1.165) is 75.8 Å². The first-order chi connectivity index (χ1) is 25.1. The summed E-state index contributed by atoms with van der Waals surface area (Å²) in [7, 11) is 0. The van der Waals surface area contributed by atoms with Crippen molar-refractivity contribution in [1.82, 2.24) is 24.5 Å². The summed E-state index contributed by atoms with van der Waals surface area (Å²) >= 11 is 0. The topological polar surface area (TPSA) is 86.9 Å². The Morgan fingerprint density at radius 3 is 2.10 bits per heavy atom. The van der Waals surface area contributed by atoms with Crippen LogP contribution in [0, 0.1) is 0 Å². The first kappa shape index (κ1) is 32.4. The van der Waals surface area contributed by atoms with Crippen LogP contribution < -0.4 is 5.32 Å². The van der Waals surface area contributed by atoms with Gasteiger partial charge in [-0.15, -0.1) is 5.10 Å². The van der Waals surface area contributed by atoms with Gasteiger partial charge in [0, 0.05) is 35.2 Å². The monoisotopic (exact) mass is 672 g/mol. The molecule has 1 atom stereocenters. The molecule has 1 N–H and O–H groups in total. The average Bonchev–Trinajstić information content (AvgIpc) is 3.83. The number of fused-ring (bicyclic) bond motifs is 1. The fourth-order valence-electron chi connectivity index (χ4n) is 7.32. The van der Waals surface area contributed by atoms with Gasteiger partial charge in [0.1, 0.15) is 17.6 Å². The van der Waals surface area contributed by atoms with Crippen molar-refractivity contribution in [2.45, 2.75) is 50.8 Å². The number of carbonyl (C=O) groups is 1. The SMILES string of the molecule is CCCC(=O)Nc1cccc(-c2nn(C3CCCCO3)c3ccc(-c4ncn(C(c5ccccc5)(c5ccccc5)c5ccccc5)n4)cc23)c1. The number of carbonyl (C=O) groups excluding carboxylic acids is 1. The van der Waals surface area contributed by atoms with Crippen LogP contribution >= 0.6 is 0 Å². The summed E-state index contributed by atoms with van der Waals surface area (Å²) in [5.74, 6) is 0.611. The van der Waals surface area contributed by atoms with Crippen molar-refractivity contribution in [2.24, 2.45) is 0 Å². The van der Waals surface area contributed by atoms with E-state index in [1.54, 1.807) is 0 Å². The molecule has 0 spiro atoms. The highest BCUT2D eigenvalue weighted by atomic mass is 16.5. The highest BCUT2D eigenvalue weighted by Gasteiger charge is 2.39. The smallest absolute Gasteiger partial charge is 0.224 e. The Hall–Kier alpha value is -5.86. The molecule has 1 aliphatic rings. The van der Waals surface area contributed by atoms with E-state index in [1.807, 2.05) is 65.1 Å². The quantitative estimate of drug-likeness (QED) is 0.146. The van der Waals surface area contributed by atoms with E-state index < -0.39 is 5.54 Å². The lowest BCUT2D eigenvalue weighted by atomic mass is 9.77. The lowest BCUT2D eigenvalue weighted by Crippen LogP contribution is -2.38. The number of hydrogen-bond acceptors (Lipinski definition) is 5. The molecule has 1 fully saturated rings. The van der Waals surface area contributed by atoms with E-state index in [9.17, 15) is 4.79 Å². The lowest BCUT2D eigenvalue weighted by molar-refractivity contribution is -0.116. The first-order valence-corrected chi connectivity index (χ1v) is 17.8. The minimum atomic E-state index is -0.768. The average molecular weight is 673 g/mol. The first-order valence-electron chi connectivity index (χ1n) is 17.8. The Labute approximate surface area is 297 Å². The zero-order valence-electron chi connectivity index (χ0n) is 28.7. The third-order valence-corrected chi connectivity index (χ3v) is 9.70. The molecule has 8 rings (SSSR count). The number of anilines is 1. The van der Waals surface area contributed by atoms with Gasteiger partial charge in [-0.2, -0.15) is 5.10 Å². The lowest BCUT2D eigenvalue weighted by Gasteiger charge is -2.35. The third-order valence-electron chi connectivity index (χ3n) is 9.70. The highest BCUT2D eigenvalue weighted by Crippen LogP contribution is 2.41. The number of hydrogen-bond donors (Lipinski definition) is 1.